The van der Waals surface area contributed by atoms with Crippen molar-refractivity contribution in [2.45, 2.75) is 35.0 Å². The maximum absolute atomic E-state index is 13.2. The highest BCUT2D eigenvalue weighted by Crippen LogP contribution is 2.56. The number of hydrazine groups is 1. The first-order chi connectivity index (χ1) is 15.6. The average molecular weight is 562 g/mol. The van der Waals surface area contributed by atoms with Gasteiger partial charge < -0.3 is 9.47 Å². The van der Waals surface area contributed by atoms with Gasteiger partial charge in [0.1, 0.15) is 13.2 Å². The van der Waals surface area contributed by atoms with E-state index in [9.17, 15) is 9.59 Å². The van der Waals surface area contributed by atoms with Crippen molar-refractivity contribution in [2.24, 2.45) is 11.8 Å². The Balaban J connectivity index is 1.36. The second-order valence-electron chi connectivity index (χ2n) is 8.18. The molecular weight excluding hydrogens is 540 g/mol. The van der Waals surface area contributed by atoms with Crippen LogP contribution < -0.4 is 0 Å². The minimum Gasteiger partial charge on any atom is -0.443 e. The summed E-state index contributed by atoms with van der Waals surface area (Å²) in [7, 11) is 0. The number of benzene rings is 2. The summed E-state index contributed by atoms with van der Waals surface area (Å²) >= 11 is 7.49. The zero-order valence-corrected chi connectivity index (χ0v) is 20.3. The van der Waals surface area contributed by atoms with Crippen LogP contribution in [0, 0.1) is 11.8 Å². The van der Waals surface area contributed by atoms with E-state index in [2.05, 4.69) is 31.9 Å². The Hall–Kier alpha value is -2.32. The molecule has 2 amide bonds. The van der Waals surface area contributed by atoms with Crippen LogP contribution >= 0.6 is 31.9 Å². The molecule has 2 heterocycles. The quantitative estimate of drug-likeness (QED) is 0.377. The number of ether oxygens (including phenoxy) is 2. The van der Waals surface area contributed by atoms with Crippen LogP contribution in [0.3, 0.4) is 0 Å². The lowest BCUT2D eigenvalue weighted by Gasteiger charge is -2.63. The van der Waals surface area contributed by atoms with Crippen LogP contribution in [-0.4, -0.2) is 43.9 Å². The molecule has 2 fully saturated rings. The number of fused-ring (bicyclic) bond motifs is 1. The van der Waals surface area contributed by atoms with Gasteiger partial charge in [-0.15, -0.1) is 0 Å². The third-order valence-corrected chi connectivity index (χ3v) is 9.43. The third kappa shape index (κ3) is 3.73. The van der Waals surface area contributed by atoms with E-state index in [1.807, 2.05) is 72.8 Å². The van der Waals surface area contributed by atoms with Gasteiger partial charge in [-0.2, -0.15) is 0 Å². The molecule has 32 heavy (non-hydrogen) atoms. The number of carbonyl (C=O) groups is 2. The SMILES string of the molecule is O=C(OCc1ccccc1)N1[C@@H]2C=C[C@@H]([C@H]3[C@@H](Br)[C@H](Br)[C@H]32)N1C(=O)OCc1ccccc1. The monoisotopic (exact) mass is 560 g/mol. The second-order valence-corrected chi connectivity index (χ2v) is 10.3. The zero-order chi connectivity index (χ0) is 22.2. The van der Waals surface area contributed by atoms with E-state index >= 15 is 0 Å². The molecule has 2 bridgehead atoms. The molecule has 0 N–H and O–H groups in total. The number of rotatable bonds is 4. The minimum absolute atomic E-state index is 0.136. The molecule has 2 aliphatic carbocycles. The molecule has 1 saturated carbocycles. The fourth-order valence-corrected chi connectivity index (χ4v) is 6.82. The summed E-state index contributed by atoms with van der Waals surface area (Å²) in [6.07, 6.45) is 2.90. The van der Waals surface area contributed by atoms with Gasteiger partial charge in [0.2, 0.25) is 0 Å². The van der Waals surface area contributed by atoms with Gasteiger partial charge in [-0.25, -0.2) is 19.6 Å². The molecule has 0 unspecified atom stereocenters. The molecule has 4 aliphatic rings. The van der Waals surface area contributed by atoms with E-state index in [0.29, 0.717) is 0 Å². The van der Waals surface area contributed by atoms with E-state index in [-0.39, 0.29) is 46.8 Å². The summed E-state index contributed by atoms with van der Waals surface area (Å²) < 4.78 is 11.2. The lowest BCUT2D eigenvalue weighted by Crippen LogP contribution is -2.76. The van der Waals surface area contributed by atoms with Crippen LogP contribution in [0.25, 0.3) is 0 Å². The van der Waals surface area contributed by atoms with Gasteiger partial charge >= 0.3 is 12.2 Å². The molecule has 8 heteroatoms. The molecular formula is C24H22Br2N2O4. The number of alkyl halides is 2. The summed E-state index contributed by atoms with van der Waals surface area (Å²) in [5.41, 5.74) is 1.77. The molecule has 166 valence electrons. The predicted molar refractivity (Wildman–Crippen MR) is 126 cm³/mol. The first kappa shape index (κ1) is 21.5. The lowest BCUT2D eigenvalue weighted by atomic mass is 9.61. The smallest absolute Gasteiger partial charge is 0.429 e. The Morgan fingerprint density at radius 3 is 1.44 bits per heavy atom. The Bertz CT molecular complexity index is 938. The van der Waals surface area contributed by atoms with E-state index < -0.39 is 12.2 Å². The normalized spacial score (nSPS) is 29.8. The summed E-state index contributed by atoms with van der Waals surface area (Å²) in [6.45, 7) is 0.272. The third-order valence-electron chi connectivity index (χ3n) is 6.36. The van der Waals surface area contributed by atoms with Crippen LogP contribution in [0.4, 0.5) is 9.59 Å². The number of nitrogens with zero attached hydrogens (tertiary/aromatic N) is 2. The minimum atomic E-state index is -0.555. The Labute approximate surface area is 203 Å². The Morgan fingerprint density at radius 1 is 0.688 bits per heavy atom. The molecule has 0 radical (unpaired) electrons. The highest BCUT2D eigenvalue weighted by molar-refractivity contribution is 9.12. The second kappa shape index (κ2) is 8.90. The van der Waals surface area contributed by atoms with E-state index in [4.69, 9.17) is 9.47 Å². The van der Waals surface area contributed by atoms with Crippen molar-refractivity contribution in [3.8, 4) is 0 Å². The molecule has 2 aliphatic heterocycles. The molecule has 0 spiro atoms. The van der Waals surface area contributed by atoms with Gasteiger partial charge in [0, 0.05) is 21.5 Å². The van der Waals surface area contributed by atoms with Crippen LogP contribution in [0.15, 0.2) is 72.8 Å². The van der Waals surface area contributed by atoms with Crippen LogP contribution in [-0.2, 0) is 22.7 Å². The molecule has 6 rings (SSSR count). The number of carbonyl (C=O) groups excluding carboxylic acids is 2. The molecule has 2 aromatic carbocycles. The summed E-state index contributed by atoms with van der Waals surface area (Å²) in [4.78, 5) is 26.8. The molecule has 0 aromatic heterocycles. The van der Waals surface area contributed by atoms with Crippen molar-refractivity contribution >= 4 is 44.0 Å². The van der Waals surface area contributed by atoms with E-state index in [1.54, 1.807) is 0 Å². The first-order valence-electron chi connectivity index (χ1n) is 10.5. The Morgan fingerprint density at radius 2 is 1.06 bits per heavy atom. The fraction of sp³-hybridized carbons (Fsp3) is 0.333. The van der Waals surface area contributed by atoms with Crippen molar-refractivity contribution in [1.29, 1.82) is 0 Å². The van der Waals surface area contributed by atoms with E-state index in [1.165, 1.54) is 10.0 Å². The van der Waals surface area contributed by atoms with Gasteiger partial charge in [-0.05, 0) is 11.1 Å². The molecule has 1 saturated heterocycles. The highest BCUT2D eigenvalue weighted by atomic mass is 79.9. The summed E-state index contributed by atoms with van der Waals surface area (Å²) in [5.74, 6) is 0.383. The van der Waals surface area contributed by atoms with Crippen LogP contribution in [0.5, 0.6) is 0 Å². The van der Waals surface area contributed by atoms with Gasteiger partial charge in [0.15, 0.2) is 0 Å². The van der Waals surface area contributed by atoms with Crippen molar-refractivity contribution in [3.63, 3.8) is 0 Å². The highest BCUT2D eigenvalue weighted by Gasteiger charge is 2.64. The fourth-order valence-electron chi connectivity index (χ4n) is 4.79. The van der Waals surface area contributed by atoms with Gasteiger partial charge in [0.25, 0.3) is 0 Å². The number of hydrogen-bond donors (Lipinski definition) is 0. The largest absolute Gasteiger partial charge is 0.443 e. The van der Waals surface area contributed by atoms with Crippen molar-refractivity contribution in [1.82, 2.24) is 10.0 Å². The first-order valence-corrected chi connectivity index (χ1v) is 12.4. The number of halogens is 2. The average Bonchev–Trinajstić information content (AvgIpc) is 2.85. The number of amides is 2. The van der Waals surface area contributed by atoms with Crippen LogP contribution in [0.2, 0.25) is 0 Å². The zero-order valence-electron chi connectivity index (χ0n) is 17.1. The van der Waals surface area contributed by atoms with Gasteiger partial charge in [-0.1, -0.05) is 105 Å². The molecule has 6 nitrogen and oxygen atoms in total. The number of hydrogen-bond acceptors (Lipinski definition) is 4. The standard InChI is InChI=1S/C24H22Br2N2O4/c25-21-19-17-11-12-18(20(19)22(21)26)28(24(30)32-14-16-9-5-2-6-10-16)27(17)23(29)31-13-15-7-3-1-4-8-15/h1-12,17-22H,13-14H2/t17-,18+,19+,20-,21-,22-/m1/s1. The predicted octanol–water partition coefficient (Wildman–Crippen LogP) is 5.27. The van der Waals surface area contributed by atoms with Gasteiger partial charge in [0.05, 0.1) is 12.1 Å². The van der Waals surface area contributed by atoms with Crippen LogP contribution in [0.1, 0.15) is 11.1 Å². The summed E-state index contributed by atoms with van der Waals surface area (Å²) in [6, 6.07) is 18.4. The van der Waals surface area contributed by atoms with Gasteiger partial charge in [-0.3, -0.25) is 0 Å². The van der Waals surface area contributed by atoms with E-state index in [0.717, 1.165) is 11.1 Å². The van der Waals surface area contributed by atoms with Crippen molar-refractivity contribution < 1.29 is 19.1 Å². The molecule has 6 atom stereocenters. The molecule has 2 aromatic rings. The topological polar surface area (TPSA) is 59.1 Å². The maximum Gasteiger partial charge on any atom is 0.429 e. The Kier molecular flexibility index (Phi) is 5.99. The maximum atomic E-state index is 13.2. The lowest BCUT2D eigenvalue weighted by molar-refractivity contribution is -0.143. The summed E-state index contributed by atoms with van der Waals surface area (Å²) in [5, 5.41) is 2.88. The van der Waals surface area contributed by atoms with Crippen molar-refractivity contribution in [3.05, 3.63) is 83.9 Å². The van der Waals surface area contributed by atoms with Crippen molar-refractivity contribution in [2.75, 3.05) is 0 Å².